The highest BCUT2D eigenvalue weighted by atomic mass is 16.6. The van der Waals surface area contributed by atoms with Gasteiger partial charge in [-0.2, -0.15) is 0 Å². The van der Waals surface area contributed by atoms with Crippen molar-refractivity contribution in [1.29, 1.82) is 0 Å². The normalized spacial score (nSPS) is 12.4. The third kappa shape index (κ3) is 48.4. The molecule has 0 spiro atoms. The second kappa shape index (κ2) is 51.0. The van der Waals surface area contributed by atoms with E-state index in [4.69, 9.17) is 14.2 Å². The lowest BCUT2D eigenvalue weighted by atomic mass is 10.0. The number of hydrogen-bond acceptors (Lipinski definition) is 6. The van der Waals surface area contributed by atoms with E-state index >= 15 is 0 Å². The van der Waals surface area contributed by atoms with Crippen LogP contribution in [0.4, 0.5) is 0 Å². The van der Waals surface area contributed by atoms with Crippen molar-refractivity contribution in [2.24, 2.45) is 0 Å². The van der Waals surface area contributed by atoms with E-state index in [9.17, 15) is 14.4 Å². The maximum atomic E-state index is 12.8. The molecule has 0 saturated heterocycles. The summed E-state index contributed by atoms with van der Waals surface area (Å²) >= 11 is 0. The molecule has 0 aliphatic rings. The number of carbonyl (C=O) groups is 3. The summed E-state index contributed by atoms with van der Waals surface area (Å²) in [5.74, 6) is -0.928. The molecule has 0 rings (SSSR count). The molecule has 6 heteroatoms. The van der Waals surface area contributed by atoms with Gasteiger partial charge in [0.15, 0.2) is 6.10 Å². The Bertz CT molecular complexity index is 1090. The van der Waals surface area contributed by atoms with Crippen LogP contribution in [0, 0.1) is 0 Å². The molecule has 0 amide bonds. The summed E-state index contributed by atoms with van der Waals surface area (Å²) < 4.78 is 16.8. The molecule has 0 aliphatic heterocycles. The monoisotopic (exact) mass is 869 g/mol. The first kappa shape index (κ1) is 59.4. The van der Waals surface area contributed by atoms with E-state index in [0.717, 1.165) is 70.6 Å². The highest BCUT2D eigenvalue weighted by molar-refractivity contribution is 5.71. The fourth-order valence-electron chi connectivity index (χ4n) is 7.50. The topological polar surface area (TPSA) is 78.9 Å². The first-order valence-corrected chi connectivity index (χ1v) is 26.6. The number of carbonyl (C=O) groups excluding carboxylic acids is 3. The summed E-state index contributed by atoms with van der Waals surface area (Å²) in [7, 11) is 0. The molecule has 0 aliphatic carbocycles. The summed E-state index contributed by atoms with van der Waals surface area (Å²) in [4.78, 5) is 38.0. The van der Waals surface area contributed by atoms with Gasteiger partial charge in [0, 0.05) is 19.3 Å². The van der Waals surface area contributed by atoms with Crippen LogP contribution >= 0.6 is 0 Å². The van der Waals surface area contributed by atoms with Crippen molar-refractivity contribution < 1.29 is 28.6 Å². The van der Waals surface area contributed by atoms with Gasteiger partial charge < -0.3 is 14.2 Å². The van der Waals surface area contributed by atoms with Crippen LogP contribution in [0.1, 0.15) is 271 Å². The number of esters is 3. The Hall–Kier alpha value is -2.63. The lowest BCUT2D eigenvalue weighted by Crippen LogP contribution is -2.30. The van der Waals surface area contributed by atoms with Gasteiger partial charge in [-0.05, 0) is 83.5 Å². The third-order valence-corrected chi connectivity index (χ3v) is 11.6. The quantitative estimate of drug-likeness (QED) is 0.0262. The molecule has 62 heavy (non-hydrogen) atoms. The van der Waals surface area contributed by atoms with Gasteiger partial charge in [-0.15, -0.1) is 0 Å². The first-order valence-electron chi connectivity index (χ1n) is 26.6. The van der Waals surface area contributed by atoms with Gasteiger partial charge in [-0.1, -0.05) is 217 Å². The van der Waals surface area contributed by atoms with E-state index in [0.29, 0.717) is 19.3 Å². The molecule has 1 atom stereocenters. The number of hydrogen-bond donors (Lipinski definition) is 0. The van der Waals surface area contributed by atoms with Gasteiger partial charge in [-0.25, -0.2) is 0 Å². The minimum Gasteiger partial charge on any atom is -0.462 e. The van der Waals surface area contributed by atoms with Gasteiger partial charge in [-0.3, -0.25) is 14.4 Å². The Morgan fingerprint density at radius 3 is 0.984 bits per heavy atom. The zero-order valence-electron chi connectivity index (χ0n) is 41.1. The molecule has 0 aromatic rings. The van der Waals surface area contributed by atoms with Gasteiger partial charge in [0.25, 0.3) is 0 Å². The molecule has 360 valence electrons. The van der Waals surface area contributed by atoms with Crippen molar-refractivity contribution in [3.8, 4) is 0 Å². The van der Waals surface area contributed by atoms with Crippen molar-refractivity contribution in [1.82, 2.24) is 0 Å². The van der Waals surface area contributed by atoms with Crippen LogP contribution in [0.25, 0.3) is 0 Å². The van der Waals surface area contributed by atoms with Crippen LogP contribution in [-0.4, -0.2) is 37.2 Å². The van der Waals surface area contributed by atoms with Crippen LogP contribution in [0.5, 0.6) is 0 Å². The lowest BCUT2D eigenvalue weighted by molar-refractivity contribution is -0.167. The maximum absolute atomic E-state index is 12.8. The summed E-state index contributed by atoms with van der Waals surface area (Å²) in [5, 5.41) is 0. The second-order valence-electron chi connectivity index (χ2n) is 17.8. The van der Waals surface area contributed by atoms with Gasteiger partial charge >= 0.3 is 17.9 Å². The molecule has 0 saturated carbocycles. The van der Waals surface area contributed by atoms with Crippen LogP contribution in [0.3, 0.4) is 0 Å². The molecule has 0 N–H and O–H groups in total. The van der Waals surface area contributed by atoms with Crippen molar-refractivity contribution in [3.63, 3.8) is 0 Å². The molecule has 0 aromatic carbocycles. The maximum Gasteiger partial charge on any atom is 0.306 e. The van der Waals surface area contributed by atoms with Gasteiger partial charge in [0.05, 0.1) is 0 Å². The Balaban J connectivity index is 4.40. The van der Waals surface area contributed by atoms with E-state index in [1.54, 1.807) is 0 Å². The zero-order chi connectivity index (χ0) is 45.1. The number of allylic oxidation sites excluding steroid dienone is 8. The van der Waals surface area contributed by atoms with E-state index in [1.165, 1.54) is 154 Å². The zero-order valence-corrected chi connectivity index (χ0v) is 41.1. The minimum absolute atomic E-state index is 0.0885. The first-order chi connectivity index (χ1) is 30.5. The van der Waals surface area contributed by atoms with Crippen molar-refractivity contribution in [3.05, 3.63) is 48.6 Å². The highest BCUT2D eigenvalue weighted by Crippen LogP contribution is 2.15. The van der Waals surface area contributed by atoms with E-state index in [2.05, 4.69) is 69.4 Å². The third-order valence-electron chi connectivity index (χ3n) is 11.6. The number of ether oxygens (including phenoxy) is 3. The standard InChI is InChI=1S/C56H100O6/c1-4-7-10-13-16-19-22-25-27-28-30-31-34-37-40-43-46-49-55(58)61-52-53(51-60-54(57)48-45-42-39-36-33-24-21-18-15-12-9-6-3)62-56(59)50-47-44-41-38-35-32-29-26-23-20-17-14-11-8-5-2/h17-18,20-21,26,29,35,38,53H,4-16,19,22-25,27-28,30-34,36-37,39-52H2,1-3H3/b20-17-,21-18-,29-26-,38-35-/t53-/m1/s1. The number of unbranched alkanes of at least 4 members (excludes halogenated alkanes) is 29. The molecule has 0 bridgehead atoms. The van der Waals surface area contributed by atoms with Crippen LogP contribution in [-0.2, 0) is 28.6 Å². The predicted octanol–water partition coefficient (Wildman–Crippen LogP) is 17.5. The Labute approximate surface area is 384 Å². The van der Waals surface area contributed by atoms with Crippen molar-refractivity contribution in [2.45, 2.75) is 277 Å². The van der Waals surface area contributed by atoms with Crippen LogP contribution in [0.2, 0.25) is 0 Å². The Kier molecular flexibility index (Phi) is 48.8. The van der Waals surface area contributed by atoms with Crippen LogP contribution < -0.4 is 0 Å². The molecular formula is C56H100O6. The Morgan fingerprint density at radius 1 is 0.323 bits per heavy atom. The fourth-order valence-corrected chi connectivity index (χ4v) is 7.50. The highest BCUT2D eigenvalue weighted by Gasteiger charge is 2.19. The molecule has 0 aromatic heterocycles. The summed E-state index contributed by atoms with van der Waals surface area (Å²) in [6.45, 7) is 6.57. The average molecular weight is 869 g/mol. The Morgan fingerprint density at radius 2 is 0.581 bits per heavy atom. The van der Waals surface area contributed by atoms with Crippen molar-refractivity contribution in [2.75, 3.05) is 13.2 Å². The molecule has 0 fully saturated rings. The summed E-state index contributed by atoms with van der Waals surface area (Å²) in [6, 6.07) is 0. The van der Waals surface area contributed by atoms with E-state index in [-0.39, 0.29) is 37.5 Å². The molecule has 6 nitrogen and oxygen atoms in total. The van der Waals surface area contributed by atoms with Gasteiger partial charge in [0.2, 0.25) is 0 Å². The molecule has 0 heterocycles. The fraction of sp³-hybridized carbons (Fsp3) is 0.804. The lowest BCUT2D eigenvalue weighted by Gasteiger charge is -2.18. The average Bonchev–Trinajstić information content (AvgIpc) is 3.27. The van der Waals surface area contributed by atoms with E-state index < -0.39 is 6.10 Å². The largest absolute Gasteiger partial charge is 0.462 e. The van der Waals surface area contributed by atoms with Gasteiger partial charge in [0.1, 0.15) is 13.2 Å². The smallest absolute Gasteiger partial charge is 0.306 e. The number of rotatable bonds is 48. The summed E-state index contributed by atoms with van der Waals surface area (Å²) in [5.41, 5.74) is 0. The predicted molar refractivity (Wildman–Crippen MR) is 265 cm³/mol. The SMILES string of the molecule is CCCCC/C=C\C/C=C\C/C=C\CCCCC(=O)O[C@H](COC(=O)CCCCCCC/C=C\CCCCC)COC(=O)CCCCCCCCCCCCCCCCCCC. The molecule has 0 radical (unpaired) electrons. The van der Waals surface area contributed by atoms with E-state index in [1.807, 2.05) is 0 Å². The molecule has 0 unspecified atom stereocenters. The minimum atomic E-state index is -0.793. The summed E-state index contributed by atoms with van der Waals surface area (Å²) in [6.07, 6.45) is 61.0. The second-order valence-corrected chi connectivity index (χ2v) is 17.8. The van der Waals surface area contributed by atoms with Crippen LogP contribution in [0.15, 0.2) is 48.6 Å². The molecular weight excluding hydrogens is 769 g/mol. The van der Waals surface area contributed by atoms with Crippen molar-refractivity contribution >= 4 is 17.9 Å².